The lowest BCUT2D eigenvalue weighted by Gasteiger charge is -2.45. The second-order valence-electron chi connectivity index (χ2n) is 9.13. The Morgan fingerprint density at radius 1 is 1.19 bits per heavy atom. The van der Waals surface area contributed by atoms with Crippen molar-refractivity contribution in [1.82, 2.24) is 19.9 Å². The van der Waals surface area contributed by atoms with Crippen LogP contribution in [0.15, 0.2) is 53.6 Å². The highest BCUT2D eigenvalue weighted by Crippen LogP contribution is 2.44. The van der Waals surface area contributed by atoms with E-state index in [4.69, 9.17) is 0 Å². The molecule has 32 heavy (non-hydrogen) atoms. The summed E-state index contributed by atoms with van der Waals surface area (Å²) in [5.41, 5.74) is 4.89. The maximum atomic E-state index is 12.5. The first kappa shape index (κ1) is 21.0. The molecule has 1 aromatic heterocycles. The van der Waals surface area contributed by atoms with Gasteiger partial charge in [0, 0.05) is 42.1 Å². The summed E-state index contributed by atoms with van der Waals surface area (Å²) < 4.78 is 27.0. The summed E-state index contributed by atoms with van der Waals surface area (Å²) in [5.74, 6) is 0.636. The fourth-order valence-corrected chi connectivity index (χ4v) is 6.30. The van der Waals surface area contributed by atoms with Crippen molar-refractivity contribution in [3.05, 3.63) is 65.4 Å². The number of carbonyl (C=O) groups is 1. The summed E-state index contributed by atoms with van der Waals surface area (Å²) in [5, 5.41) is 4.13. The number of fused-ring (bicyclic) bond motifs is 2. The van der Waals surface area contributed by atoms with Gasteiger partial charge in [-0.2, -0.15) is 0 Å². The molecule has 0 saturated carbocycles. The van der Waals surface area contributed by atoms with Crippen molar-refractivity contribution in [2.45, 2.75) is 36.6 Å². The second-order valence-corrected chi connectivity index (χ2v) is 10.8. The van der Waals surface area contributed by atoms with Crippen LogP contribution in [0.1, 0.15) is 29.0 Å². The molecule has 2 aromatic carbocycles. The fourth-order valence-electron chi connectivity index (χ4n) is 5.37. The Morgan fingerprint density at radius 2 is 1.97 bits per heavy atom. The number of aryl methyl sites for hydroxylation is 1. The highest BCUT2D eigenvalue weighted by molar-refractivity contribution is 7.90. The molecule has 1 aliphatic heterocycles. The monoisotopic (exact) mass is 452 g/mol. The van der Waals surface area contributed by atoms with E-state index in [1.165, 1.54) is 34.2 Å². The Bertz CT molecular complexity index is 1270. The third kappa shape index (κ3) is 3.78. The van der Waals surface area contributed by atoms with Crippen molar-refractivity contribution < 1.29 is 13.2 Å². The Hall–Kier alpha value is -2.84. The van der Waals surface area contributed by atoms with Gasteiger partial charge in [-0.05, 0) is 62.1 Å². The highest BCUT2D eigenvalue weighted by atomic mass is 32.2. The molecule has 168 valence electrons. The summed E-state index contributed by atoms with van der Waals surface area (Å²) in [4.78, 5) is 18.2. The summed E-state index contributed by atoms with van der Waals surface area (Å²) in [6, 6.07) is 12.6. The summed E-state index contributed by atoms with van der Waals surface area (Å²) in [6.07, 6.45) is 4.11. The minimum absolute atomic E-state index is 0.0797. The molecule has 2 amide bonds. The zero-order valence-electron chi connectivity index (χ0n) is 18.3. The average molecular weight is 453 g/mol. The van der Waals surface area contributed by atoms with Crippen LogP contribution in [0.2, 0.25) is 0 Å². The van der Waals surface area contributed by atoms with Gasteiger partial charge in [-0.3, -0.25) is 0 Å². The maximum absolute atomic E-state index is 12.5. The van der Waals surface area contributed by atoms with Crippen molar-refractivity contribution in [3.8, 4) is 0 Å². The van der Waals surface area contributed by atoms with Crippen LogP contribution in [0, 0.1) is 12.8 Å². The highest BCUT2D eigenvalue weighted by Gasteiger charge is 2.39. The lowest BCUT2D eigenvalue weighted by Crippen LogP contribution is -2.51. The Labute approximate surface area is 188 Å². The van der Waals surface area contributed by atoms with Crippen LogP contribution >= 0.6 is 0 Å². The van der Waals surface area contributed by atoms with Gasteiger partial charge in [0.1, 0.15) is 0 Å². The van der Waals surface area contributed by atoms with E-state index in [0.717, 1.165) is 24.9 Å². The van der Waals surface area contributed by atoms with Crippen molar-refractivity contribution >= 4 is 27.0 Å². The van der Waals surface area contributed by atoms with Gasteiger partial charge in [0.25, 0.3) is 10.0 Å². The molecular formula is C24H28N4O3S. The van der Waals surface area contributed by atoms with Crippen molar-refractivity contribution in [3.63, 3.8) is 0 Å². The largest absolute Gasteiger partial charge is 0.361 e. The number of nitrogens with one attached hydrogen (secondary N) is 3. The summed E-state index contributed by atoms with van der Waals surface area (Å²) in [7, 11) is -1.75. The standard InChI is InChI=1S/C24H28N4O3S/c1-15-6-8-18(9-7-15)32(30,31)27-24(29)26-12-16-10-20-19-4-3-5-21-23(19)17(13-25-21)11-22(20)28(2)14-16/h3-9,13,16,20,22,25H,10-12,14H2,1-2H3,(H2,26,27,29)/t16-,20+,22+/m0/s1. The number of urea groups is 1. The first-order chi connectivity index (χ1) is 15.3. The number of aromatic amines is 1. The summed E-state index contributed by atoms with van der Waals surface area (Å²) in [6.45, 7) is 3.17. The zero-order valence-corrected chi connectivity index (χ0v) is 19.1. The molecule has 0 spiro atoms. The van der Waals surface area contributed by atoms with Crippen molar-refractivity contribution in [2.75, 3.05) is 20.1 Å². The van der Waals surface area contributed by atoms with Crippen molar-refractivity contribution in [1.29, 1.82) is 0 Å². The van der Waals surface area contributed by atoms with Crippen LogP contribution in [0.25, 0.3) is 10.9 Å². The number of likely N-dealkylation sites (N-methyl/N-ethyl adjacent to an activating group) is 1. The lowest BCUT2D eigenvalue weighted by molar-refractivity contribution is 0.112. The van der Waals surface area contributed by atoms with E-state index in [0.29, 0.717) is 18.5 Å². The number of amides is 2. The molecule has 5 rings (SSSR count). The zero-order chi connectivity index (χ0) is 22.5. The number of carbonyl (C=O) groups excluding carboxylic acids is 1. The fraction of sp³-hybridized carbons (Fsp3) is 0.375. The number of nitrogens with zero attached hydrogens (tertiary/aromatic N) is 1. The van der Waals surface area contributed by atoms with Gasteiger partial charge in [-0.1, -0.05) is 29.8 Å². The van der Waals surface area contributed by atoms with Crippen LogP contribution in [-0.4, -0.2) is 50.5 Å². The number of rotatable bonds is 4. The third-order valence-electron chi connectivity index (χ3n) is 6.92. The lowest BCUT2D eigenvalue weighted by atomic mass is 9.72. The smallest absolute Gasteiger partial charge is 0.328 e. The molecule has 7 nitrogen and oxygen atoms in total. The summed E-state index contributed by atoms with van der Waals surface area (Å²) >= 11 is 0. The molecule has 1 aliphatic carbocycles. The molecule has 2 heterocycles. The van der Waals surface area contributed by atoms with Gasteiger partial charge in [0.05, 0.1) is 4.90 Å². The molecule has 1 fully saturated rings. The molecular weight excluding hydrogens is 424 g/mol. The van der Waals surface area contributed by atoms with Crippen LogP contribution in [0.4, 0.5) is 4.79 Å². The molecule has 8 heteroatoms. The SMILES string of the molecule is Cc1ccc(S(=O)(=O)NC(=O)NC[C@@H]2C[C@@H]3c4cccc5[nH]cc(c45)C[C@H]3N(C)C2)cc1. The third-order valence-corrected chi connectivity index (χ3v) is 8.27. The van der Waals surface area contributed by atoms with Gasteiger partial charge in [0.2, 0.25) is 0 Å². The molecule has 3 aromatic rings. The van der Waals surface area contributed by atoms with E-state index in [2.05, 4.69) is 51.4 Å². The number of likely N-dealkylation sites (tertiary alicyclic amines) is 1. The number of hydrogen-bond donors (Lipinski definition) is 3. The van der Waals surface area contributed by atoms with E-state index >= 15 is 0 Å². The Kier molecular flexibility index (Phi) is 5.22. The van der Waals surface area contributed by atoms with Crippen LogP contribution < -0.4 is 10.0 Å². The average Bonchev–Trinajstić information content (AvgIpc) is 3.17. The molecule has 1 saturated heterocycles. The first-order valence-electron chi connectivity index (χ1n) is 11.0. The quantitative estimate of drug-likeness (QED) is 0.567. The van der Waals surface area contributed by atoms with E-state index in [1.807, 2.05) is 6.92 Å². The van der Waals surface area contributed by atoms with E-state index in [9.17, 15) is 13.2 Å². The molecule has 0 bridgehead atoms. The van der Waals surface area contributed by atoms with Crippen LogP contribution in [0.3, 0.4) is 0 Å². The normalized spacial score (nSPS) is 23.0. The molecule has 0 radical (unpaired) electrons. The van der Waals surface area contributed by atoms with Gasteiger partial charge in [0.15, 0.2) is 0 Å². The van der Waals surface area contributed by atoms with Crippen molar-refractivity contribution in [2.24, 2.45) is 5.92 Å². The number of H-pyrrole nitrogens is 1. The first-order valence-corrected chi connectivity index (χ1v) is 12.5. The van der Waals surface area contributed by atoms with Crippen LogP contribution in [0.5, 0.6) is 0 Å². The van der Waals surface area contributed by atoms with Gasteiger partial charge >= 0.3 is 6.03 Å². The second kappa shape index (κ2) is 7.94. The van der Waals surface area contributed by atoms with E-state index in [-0.39, 0.29) is 10.8 Å². The minimum atomic E-state index is -3.89. The van der Waals surface area contributed by atoms with Gasteiger partial charge in [-0.25, -0.2) is 17.9 Å². The van der Waals surface area contributed by atoms with E-state index < -0.39 is 16.1 Å². The Balaban J connectivity index is 1.25. The molecule has 3 atom stereocenters. The topological polar surface area (TPSA) is 94.3 Å². The number of hydrogen-bond acceptors (Lipinski definition) is 4. The predicted molar refractivity (Wildman–Crippen MR) is 124 cm³/mol. The number of aromatic nitrogens is 1. The molecule has 0 unspecified atom stereocenters. The maximum Gasteiger partial charge on any atom is 0.328 e. The van der Waals surface area contributed by atoms with Gasteiger partial charge in [-0.15, -0.1) is 0 Å². The molecule has 2 aliphatic rings. The predicted octanol–water partition coefficient (Wildman–Crippen LogP) is 3.12. The van der Waals surface area contributed by atoms with Crippen LogP contribution in [-0.2, 0) is 16.4 Å². The molecule has 3 N–H and O–H groups in total. The minimum Gasteiger partial charge on any atom is -0.361 e. The van der Waals surface area contributed by atoms with E-state index in [1.54, 1.807) is 12.1 Å². The number of piperidine rings is 1. The number of sulfonamides is 1. The number of benzene rings is 2. The Morgan fingerprint density at radius 3 is 2.75 bits per heavy atom. The van der Waals surface area contributed by atoms with Gasteiger partial charge < -0.3 is 15.2 Å².